The predicted octanol–water partition coefficient (Wildman–Crippen LogP) is 4.43. The van der Waals surface area contributed by atoms with Gasteiger partial charge in [-0.25, -0.2) is 4.98 Å². The number of nitrogens with zero attached hydrogens (tertiary/aromatic N) is 4. The van der Waals surface area contributed by atoms with Gasteiger partial charge >= 0.3 is 0 Å². The zero-order valence-corrected chi connectivity index (χ0v) is 13.2. The van der Waals surface area contributed by atoms with E-state index in [4.69, 9.17) is 22.1 Å². The normalized spacial score (nSPS) is 9.87. The van der Waals surface area contributed by atoms with Crippen molar-refractivity contribution in [3.05, 3.63) is 47.5 Å². The molecule has 23 heavy (non-hydrogen) atoms. The third-order valence-electron chi connectivity index (χ3n) is 3.00. The summed E-state index contributed by atoms with van der Waals surface area (Å²) < 4.78 is 1.10. The Bertz CT molecular complexity index is 945. The summed E-state index contributed by atoms with van der Waals surface area (Å²) in [5.41, 5.74) is 4.72. The summed E-state index contributed by atoms with van der Waals surface area (Å²) in [6.45, 7) is 0. The van der Waals surface area contributed by atoms with Crippen LogP contribution in [-0.4, -0.2) is 10.7 Å². The number of aromatic nitrogens is 1. The highest BCUT2D eigenvalue weighted by atomic mass is 35.5. The average molecular weight is 338 g/mol. The summed E-state index contributed by atoms with van der Waals surface area (Å²) >= 11 is 7.89. The van der Waals surface area contributed by atoms with Crippen LogP contribution in [0.25, 0.3) is 20.8 Å². The van der Waals surface area contributed by atoms with Crippen LogP contribution < -0.4 is 5.43 Å². The van der Waals surface area contributed by atoms with E-state index < -0.39 is 0 Å². The average Bonchev–Trinajstić information content (AvgIpc) is 2.99. The summed E-state index contributed by atoms with van der Waals surface area (Å²) in [4.78, 5) is 4.57. The lowest BCUT2D eigenvalue weighted by Gasteiger charge is -2.04. The molecule has 2 aromatic carbocycles. The largest absolute Gasteiger partial charge is 0.276 e. The lowest BCUT2D eigenvalue weighted by Crippen LogP contribution is -1.96. The second-order valence-corrected chi connectivity index (χ2v) is 5.92. The molecule has 0 atom stereocenters. The molecule has 5 nitrogen and oxygen atoms in total. The molecule has 1 N–H and O–H groups in total. The Balaban J connectivity index is 1.92. The van der Waals surface area contributed by atoms with E-state index >= 15 is 0 Å². The minimum absolute atomic E-state index is 0.253. The first-order chi connectivity index (χ1) is 11.2. The molecule has 0 saturated carbocycles. The number of hydrogen-bond acceptors (Lipinski definition) is 6. The highest BCUT2D eigenvalue weighted by Gasteiger charge is 2.10. The van der Waals surface area contributed by atoms with Crippen molar-refractivity contribution in [2.24, 2.45) is 5.10 Å². The first-order valence-electron chi connectivity index (χ1n) is 6.50. The maximum absolute atomic E-state index is 8.64. The van der Waals surface area contributed by atoms with E-state index in [1.807, 2.05) is 30.3 Å². The summed E-state index contributed by atoms with van der Waals surface area (Å²) in [5, 5.41) is 22.3. The Morgan fingerprint density at radius 2 is 1.96 bits per heavy atom. The predicted molar refractivity (Wildman–Crippen MR) is 92.3 cm³/mol. The van der Waals surface area contributed by atoms with Crippen molar-refractivity contribution in [3.63, 3.8) is 0 Å². The zero-order chi connectivity index (χ0) is 16.2. The van der Waals surface area contributed by atoms with Gasteiger partial charge in [-0.3, -0.25) is 5.43 Å². The van der Waals surface area contributed by atoms with Gasteiger partial charge in [-0.15, -0.1) is 11.3 Å². The Morgan fingerprint density at radius 1 is 1.17 bits per heavy atom. The quantitative estimate of drug-likeness (QED) is 0.565. The van der Waals surface area contributed by atoms with E-state index in [9.17, 15) is 0 Å². The maximum Gasteiger partial charge on any atom is 0.237 e. The third kappa shape index (κ3) is 3.14. The number of rotatable bonds is 3. The molecule has 0 aliphatic carbocycles. The number of benzene rings is 2. The van der Waals surface area contributed by atoms with Crippen molar-refractivity contribution in [3.8, 4) is 22.7 Å². The number of hydrazone groups is 1. The van der Waals surface area contributed by atoms with Gasteiger partial charge in [0.1, 0.15) is 17.1 Å². The van der Waals surface area contributed by atoms with Crippen LogP contribution in [0.3, 0.4) is 0 Å². The molecule has 0 saturated heterocycles. The highest BCUT2D eigenvalue weighted by molar-refractivity contribution is 7.21. The van der Waals surface area contributed by atoms with Crippen molar-refractivity contribution >= 4 is 44.6 Å². The lowest BCUT2D eigenvalue weighted by molar-refractivity contribution is 1.34. The van der Waals surface area contributed by atoms with E-state index in [1.54, 1.807) is 35.6 Å². The Morgan fingerprint density at radius 3 is 2.65 bits per heavy atom. The van der Waals surface area contributed by atoms with Crippen LogP contribution in [0.2, 0.25) is 5.02 Å². The minimum atomic E-state index is -0.253. The minimum Gasteiger partial charge on any atom is -0.276 e. The fourth-order valence-corrected chi connectivity index (χ4v) is 3.27. The fourth-order valence-electron chi connectivity index (χ4n) is 1.94. The van der Waals surface area contributed by atoms with Crippen LogP contribution in [-0.2, 0) is 0 Å². The Labute approximate surface area is 141 Å². The van der Waals surface area contributed by atoms with Crippen LogP contribution in [0.15, 0.2) is 47.6 Å². The first-order valence-corrected chi connectivity index (χ1v) is 7.70. The van der Waals surface area contributed by atoms with Crippen molar-refractivity contribution in [1.82, 2.24) is 4.98 Å². The maximum atomic E-state index is 8.64. The van der Waals surface area contributed by atoms with Gasteiger partial charge in [0.05, 0.1) is 20.9 Å². The molecule has 3 rings (SSSR count). The first kappa shape index (κ1) is 15.0. The molecule has 0 spiro atoms. The lowest BCUT2D eigenvalue weighted by atomic mass is 10.2. The molecule has 0 amide bonds. The number of hydrogen-bond donors (Lipinski definition) is 1. The standard InChI is InChI=1S/C16H8ClN5S/c17-13-7-10(21-22-11(8-18)9-19)5-6-12(13)16-20-14-3-1-2-4-15(14)23-16/h1-7,21H. The van der Waals surface area contributed by atoms with Crippen molar-refractivity contribution in [2.75, 3.05) is 5.43 Å². The molecule has 0 aliphatic heterocycles. The van der Waals surface area contributed by atoms with Crippen molar-refractivity contribution in [1.29, 1.82) is 10.5 Å². The number of anilines is 1. The van der Waals surface area contributed by atoms with E-state index in [0.29, 0.717) is 10.7 Å². The second kappa shape index (κ2) is 6.45. The van der Waals surface area contributed by atoms with Gasteiger partial charge in [0.15, 0.2) is 0 Å². The van der Waals surface area contributed by atoms with E-state index in [-0.39, 0.29) is 5.71 Å². The molecule has 3 aromatic rings. The molecule has 0 unspecified atom stereocenters. The van der Waals surface area contributed by atoms with Gasteiger partial charge in [0, 0.05) is 5.56 Å². The van der Waals surface area contributed by atoms with Gasteiger partial charge in [0.25, 0.3) is 0 Å². The molecule has 7 heteroatoms. The van der Waals surface area contributed by atoms with E-state index in [0.717, 1.165) is 20.8 Å². The SMILES string of the molecule is N#CC(C#N)=NNc1ccc(-c2nc3ccccc3s2)c(Cl)c1. The number of fused-ring (bicyclic) bond motifs is 1. The summed E-state index contributed by atoms with van der Waals surface area (Å²) in [7, 11) is 0. The van der Waals surface area contributed by atoms with Crippen LogP contribution in [0.5, 0.6) is 0 Å². The topological polar surface area (TPSA) is 84.9 Å². The summed E-state index contributed by atoms with van der Waals surface area (Å²) in [6, 6.07) is 16.5. The molecule has 0 aliphatic rings. The number of nitriles is 2. The zero-order valence-electron chi connectivity index (χ0n) is 11.6. The molecule has 1 aromatic heterocycles. The number of nitrogens with one attached hydrogen (secondary N) is 1. The van der Waals surface area contributed by atoms with Gasteiger partial charge in [-0.1, -0.05) is 23.7 Å². The molecule has 0 radical (unpaired) electrons. The van der Waals surface area contributed by atoms with Crippen LogP contribution in [0, 0.1) is 22.7 Å². The summed E-state index contributed by atoms with van der Waals surface area (Å²) in [6.07, 6.45) is 0. The molecular formula is C16H8ClN5S. The fraction of sp³-hybridized carbons (Fsp3) is 0. The van der Waals surface area contributed by atoms with Gasteiger partial charge in [0.2, 0.25) is 5.71 Å². The molecule has 0 bridgehead atoms. The van der Waals surface area contributed by atoms with Crippen molar-refractivity contribution in [2.45, 2.75) is 0 Å². The van der Waals surface area contributed by atoms with Crippen molar-refractivity contribution < 1.29 is 0 Å². The van der Waals surface area contributed by atoms with Crippen LogP contribution >= 0.6 is 22.9 Å². The molecule has 110 valence electrons. The van der Waals surface area contributed by atoms with E-state index in [2.05, 4.69) is 15.5 Å². The third-order valence-corrected chi connectivity index (χ3v) is 4.38. The summed E-state index contributed by atoms with van der Waals surface area (Å²) in [5.74, 6) is 0. The monoisotopic (exact) mass is 337 g/mol. The van der Waals surface area contributed by atoms with Crippen LogP contribution in [0.4, 0.5) is 5.69 Å². The highest BCUT2D eigenvalue weighted by Crippen LogP contribution is 2.35. The van der Waals surface area contributed by atoms with E-state index in [1.165, 1.54) is 0 Å². The van der Waals surface area contributed by atoms with Gasteiger partial charge in [-0.05, 0) is 30.3 Å². The van der Waals surface area contributed by atoms with Crippen LogP contribution in [0.1, 0.15) is 0 Å². The Hall–Kier alpha value is -2.93. The van der Waals surface area contributed by atoms with Gasteiger partial charge < -0.3 is 0 Å². The molecular weight excluding hydrogens is 330 g/mol. The smallest absolute Gasteiger partial charge is 0.237 e. The molecule has 1 heterocycles. The number of halogens is 1. The molecule has 0 fully saturated rings. The van der Waals surface area contributed by atoms with Gasteiger partial charge in [-0.2, -0.15) is 15.6 Å². The number of para-hydroxylation sites is 1. The second-order valence-electron chi connectivity index (χ2n) is 4.48. The Kier molecular flexibility index (Phi) is 4.20. The number of thiazole rings is 1.